The lowest BCUT2D eigenvalue weighted by atomic mass is 9.98. The number of hydrogen-bond donors (Lipinski definition) is 2. The third-order valence-corrected chi connectivity index (χ3v) is 5.96. The van der Waals surface area contributed by atoms with Gasteiger partial charge in [0.1, 0.15) is 6.61 Å². The van der Waals surface area contributed by atoms with Crippen LogP contribution in [0.4, 0.5) is 4.79 Å². The van der Waals surface area contributed by atoms with Gasteiger partial charge in [-0.15, -0.1) is 0 Å². The first kappa shape index (κ1) is 21.8. The van der Waals surface area contributed by atoms with Gasteiger partial charge in [-0.05, 0) is 46.4 Å². The zero-order chi connectivity index (χ0) is 22.5. The van der Waals surface area contributed by atoms with Crippen LogP contribution in [0.15, 0.2) is 77.3 Å². The molecule has 32 heavy (non-hydrogen) atoms. The number of carbonyl (C=O) groups excluding carboxylic acids is 1. The maximum absolute atomic E-state index is 12.2. The second-order valence-electron chi connectivity index (χ2n) is 7.48. The number of benzene rings is 3. The summed E-state index contributed by atoms with van der Waals surface area (Å²) < 4.78 is 6.22. The maximum atomic E-state index is 12.2. The molecule has 0 fully saturated rings. The standard InChI is InChI=1S/C26H22BrNO4/c27-18-13-12-17(23(15-18)25(29)30)7-5-6-14-28-26(31)32-16-24-21-10-3-1-8-19(21)20-9-2-4-11-22(20)24/h1-5,7-13,15,24H,6,14,16H2,(H,28,31)(H,29,30). The predicted molar refractivity (Wildman–Crippen MR) is 128 cm³/mol. The van der Waals surface area contributed by atoms with Gasteiger partial charge >= 0.3 is 12.1 Å². The van der Waals surface area contributed by atoms with Crippen molar-refractivity contribution in [2.24, 2.45) is 0 Å². The molecule has 4 rings (SSSR count). The molecule has 1 amide bonds. The van der Waals surface area contributed by atoms with Crippen LogP contribution in [0.5, 0.6) is 0 Å². The fraction of sp³-hybridized carbons (Fsp3) is 0.154. The van der Waals surface area contributed by atoms with E-state index in [9.17, 15) is 14.7 Å². The van der Waals surface area contributed by atoms with Crippen LogP contribution in [0, 0.1) is 0 Å². The second-order valence-corrected chi connectivity index (χ2v) is 8.40. The molecule has 6 heteroatoms. The van der Waals surface area contributed by atoms with Crippen molar-refractivity contribution in [2.45, 2.75) is 12.3 Å². The van der Waals surface area contributed by atoms with Gasteiger partial charge in [-0.3, -0.25) is 0 Å². The Morgan fingerprint density at radius 3 is 2.31 bits per heavy atom. The number of nitrogens with one attached hydrogen (secondary N) is 1. The Hall–Kier alpha value is -3.38. The van der Waals surface area contributed by atoms with Crippen molar-refractivity contribution in [1.82, 2.24) is 5.32 Å². The molecule has 2 N–H and O–H groups in total. The van der Waals surface area contributed by atoms with Crippen LogP contribution < -0.4 is 5.32 Å². The molecule has 0 aromatic heterocycles. The van der Waals surface area contributed by atoms with Crippen LogP contribution in [0.1, 0.15) is 39.4 Å². The van der Waals surface area contributed by atoms with Gasteiger partial charge in [0.05, 0.1) is 5.56 Å². The highest BCUT2D eigenvalue weighted by molar-refractivity contribution is 9.10. The summed E-state index contributed by atoms with van der Waals surface area (Å²) in [6.07, 6.45) is 3.67. The number of ether oxygens (including phenoxy) is 1. The number of amides is 1. The number of carboxylic acids is 1. The van der Waals surface area contributed by atoms with Crippen LogP contribution in [-0.2, 0) is 4.74 Å². The molecular weight excluding hydrogens is 470 g/mol. The van der Waals surface area contributed by atoms with Crippen molar-refractivity contribution in [3.8, 4) is 11.1 Å². The summed E-state index contributed by atoms with van der Waals surface area (Å²) in [7, 11) is 0. The average molecular weight is 492 g/mol. The number of fused-ring (bicyclic) bond motifs is 3. The van der Waals surface area contributed by atoms with Gasteiger partial charge in [0, 0.05) is 16.9 Å². The Labute approximate surface area is 194 Å². The monoisotopic (exact) mass is 491 g/mol. The first-order valence-electron chi connectivity index (χ1n) is 10.3. The minimum atomic E-state index is -0.984. The molecule has 1 aliphatic carbocycles. The largest absolute Gasteiger partial charge is 0.478 e. The minimum absolute atomic E-state index is 0.0277. The molecule has 0 bridgehead atoms. The highest BCUT2D eigenvalue weighted by Crippen LogP contribution is 2.44. The van der Waals surface area contributed by atoms with E-state index >= 15 is 0 Å². The van der Waals surface area contributed by atoms with Crippen molar-refractivity contribution >= 4 is 34.1 Å². The highest BCUT2D eigenvalue weighted by atomic mass is 79.9. The summed E-state index contributed by atoms with van der Waals surface area (Å²) in [5, 5.41) is 12.1. The Morgan fingerprint density at radius 1 is 1.00 bits per heavy atom. The van der Waals surface area contributed by atoms with E-state index in [0.29, 0.717) is 23.0 Å². The average Bonchev–Trinajstić information content (AvgIpc) is 3.12. The van der Waals surface area contributed by atoms with Crippen LogP contribution >= 0.6 is 15.9 Å². The van der Waals surface area contributed by atoms with E-state index in [1.165, 1.54) is 22.3 Å². The molecule has 0 heterocycles. The van der Waals surface area contributed by atoms with Crippen molar-refractivity contribution in [3.63, 3.8) is 0 Å². The van der Waals surface area contributed by atoms with Gasteiger partial charge in [0.15, 0.2) is 0 Å². The molecule has 1 aliphatic rings. The molecule has 0 saturated heterocycles. The number of carbonyl (C=O) groups is 2. The molecule has 0 aliphatic heterocycles. The van der Waals surface area contributed by atoms with E-state index in [-0.39, 0.29) is 18.1 Å². The Kier molecular flexibility index (Phi) is 6.71. The summed E-state index contributed by atoms with van der Waals surface area (Å²) >= 11 is 3.28. The van der Waals surface area contributed by atoms with E-state index in [1.54, 1.807) is 24.3 Å². The minimum Gasteiger partial charge on any atom is -0.478 e. The Morgan fingerprint density at radius 2 is 1.66 bits per heavy atom. The van der Waals surface area contributed by atoms with E-state index in [4.69, 9.17) is 4.74 Å². The zero-order valence-corrected chi connectivity index (χ0v) is 18.8. The lowest BCUT2D eigenvalue weighted by Crippen LogP contribution is -2.26. The van der Waals surface area contributed by atoms with Crippen LogP contribution in [0.25, 0.3) is 17.2 Å². The number of halogens is 1. The van der Waals surface area contributed by atoms with Crippen molar-refractivity contribution in [1.29, 1.82) is 0 Å². The topological polar surface area (TPSA) is 75.6 Å². The quantitative estimate of drug-likeness (QED) is 0.392. The third kappa shape index (κ3) is 4.75. The Bertz CT molecular complexity index is 1140. The van der Waals surface area contributed by atoms with E-state index in [2.05, 4.69) is 45.5 Å². The molecule has 0 radical (unpaired) electrons. The molecule has 5 nitrogen and oxygen atoms in total. The van der Waals surface area contributed by atoms with Gasteiger partial charge in [-0.1, -0.05) is 82.7 Å². The summed E-state index contributed by atoms with van der Waals surface area (Å²) in [5.41, 5.74) is 5.56. The van der Waals surface area contributed by atoms with Gasteiger partial charge in [0.2, 0.25) is 0 Å². The van der Waals surface area contributed by atoms with Gasteiger partial charge in [0.25, 0.3) is 0 Å². The number of aromatic carboxylic acids is 1. The third-order valence-electron chi connectivity index (χ3n) is 5.47. The fourth-order valence-corrected chi connectivity index (χ4v) is 4.34. The second kappa shape index (κ2) is 9.83. The molecular formula is C26H22BrNO4. The van der Waals surface area contributed by atoms with E-state index in [0.717, 1.165) is 0 Å². The Balaban J connectivity index is 1.29. The van der Waals surface area contributed by atoms with Crippen molar-refractivity contribution in [2.75, 3.05) is 13.2 Å². The molecule has 0 saturated carbocycles. The lowest BCUT2D eigenvalue weighted by Gasteiger charge is -2.14. The summed E-state index contributed by atoms with van der Waals surface area (Å²) in [4.78, 5) is 23.6. The summed E-state index contributed by atoms with van der Waals surface area (Å²) in [6, 6.07) is 21.5. The molecule has 162 valence electrons. The molecule has 0 atom stereocenters. The van der Waals surface area contributed by atoms with Crippen molar-refractivity contribution in [3.05, 3.63) is 99.5 Å². The van der Waals surface area contributed by atoms with E-state index < -0.39 is 12.1 Å². The van der Waals surface area contributed by atoms with Gasteiger partial charge < -0.3 is 15.2 Å². The molecule has 0 unspecified atom stereocenters. The SMILES string of the molecule is O=C(NCCC=Cc1ccc(Br)cc1C(=O)O)OCC1c2ccccc2-c2ccccc21. The fourth-order valence-electron chi connectivity index (χ4n) is 3.98. The first-order chi connectivity index (χ1) is 15.5. The van der Waals surface area contributed by atoms with Crippen molar-refractivity contribution < 1.29 is 19.4 Å². The smallest absolute Gasteiger partial charge is 0.407 e. The lowest BCUT2D eigenvalue weighted by molar-refractivity contribution is 0.0696. The highest BCUT2D eigenvalue weighted by Gasteiger charge is 2.28. The zero-order valence-electron chi connectivity index (χ0n) is 17.3. The number of rotatable bonds is 7. The number of hydrogen-bond acceptors (Lipinski definition) is 3. The van der Waals surface area contributed by atoms with E-state index in [1.807, 2.05) is 30.3 Å². The van der Waals surface area contributed by atoms with Crippen LogP contribution in [-0.4, -0.2) is 30.3 Å². The first-order valence-corrected chi connectivity index (χ1v) is 11.1. The summed E-state index contributed by atoms with van der Waals surface area (Å²) in [5.74, 6) is -0.956. The summed E-state index contributed by atoms with van der Waals surface area (Å²) in [6.45, 7) is 0.669. The number of alkyl carbamates (subject to hydrolysis) is 1. The molecule has 3 aromatic rings. The predicted octanol–water partition coefficient (Wildman–Crippen LogP) is 6.09. The van der Waals surface area contributed by atoms with Gasteiger partial charge in [-0.2, -0.15) is 0 Å². The van der Waals surface area contributed by atoms with Crippen LogP contribution in [0.3, 0.4) is 0 Å². The molecule has 0 spiro atoms. The molecule has 3 aromatic carbocycles. The maximum Gasteiger partial charge on any atom is 0.407 e. The number of carboxylic acid groups (broad SMARTS) is 1. The van der Waals surface area contributed by atoms with Gasteiger partial charge in [-0.25, -0.2) is 9.59 Å². The van der Waals surface area contributed by atoms with Crippen LogP contribution in [0.2, 0.25) is 0 Å². The normalized spacial score (nSPS) is 12.4.